The van der Waals surface area contributed by atoms with Crippen molar-refractivity contribution in [2.45, 2.75) is 33.6 Å². The lowest BCUT2D eigenvalue weighted by molar-refractivity contribution is -0.123. The molecular weight excluding hydrogens is 284 g/mol. The van der Waals surface area contributed by atoms with Crippen molar-refractivity contribution in [2.75, 3.05) is 13.2 Å². The van der Waals surface area contributed by atoms with Gasteiger partial charge in [-0.3, -0.25) is 10.1 Å². The van der Waals surface area contributed by atoms with E-state index in [2.05, 4.69) is 10.6 Å². The Labute approximate surface area is 130 Å². The first-order chi connectivity index (χ1) is 10.4. The molecule has 0 heterocycles. The molecule has 22 heavy (non-hydrogen) atoms. The maximum atomic E-state index is 11.9. The number of carbonyl (C=O) groups excluding carboxylic acids is 3. The second-order valence-corrected chi connectivity index (χ2v) is 5.05. The fourth-order valence-corrected chi connectivity index (χ4v) is 1.75. The van der Waals surface area contributed by atoms with E-state index in [1.54, 1.807) is 13.0 Å². The third-order valence-electron chi connectivity index (χ3n) is 3.02. The molecule has 0 aliphatic rings. The first kappa shape index (κ1) is 17.7. The highest BCUT2D eigenvalue weighted by Gasteiger charge is 2.14. The van der Waals surface area contributed by atoms with Crippen LogP contribution < -0.4 is 10.6 Å². The molecular formula is C16H22N2O4. The summed E-state index contributed by atoms with van der Waals surface area (Å²) in [6, 6.07) is 4.82. The number of imide groups is 1. The molecule has 2 N–H and O–H groups in total. The van der Waals surface area contributed by atoms with Gasteiger partial charge in [-0.15, -0.1) is 0 Å². The van der Waals surface area contributed by atoms with E-state index in [0.717, 1.165) is 24.0 Å². The first-order valence-electron chi connectivity index (χ1n) is 7.26. The van der Waals surface area contributed by atoms with Crippen LogP contribution in [-0.4, -0.2) is 31.1 Å². The quantitative estimate of drug-likeness (QED) is 0.622. The molecule has 0 radical (unpaired) electrons. The second-order valence-electron chi connectivity index (χ2n) is 5.05. The van der Waals surface area contributed by atoms with E-state index in [1.165, 1.54) is 0 Å². The molecule has 1 rings (SSSR count). The third kappa shape index (κ3) is 5.95. The molecule has 6 nitrogen and oxygen atoms in total. The van der Waals surface area contributed by atoms with Gasteiger partial charge in [-0.25, -0.2) is 9.59 Å². The largest absolute Gasteiger partial charge is 0.452 e. The number of unbranched alkanes of at least 4 members (excludes halogenated alkanes) is 1. The number of nitrogens with one attached hydrogen (secondary N) is 2. The van der Waals surface area contributed by atoms with Crippen molar-refractivity contribution in [1.29, 1.82) is 0 Å². The van der Waals surface area contributed by atoms with Crippen LogP contribution in [-0.2, 0) is 9.53 Å². The fourth-order valence-electron chi connectivity index (χ4n) is 1.75. The third-order valence-corrected chi connectivity index (χ3v) is 3.02. The van der Waals surface area contributed by atoms with E-state index in [9.17, 15) is 14.4 Å². The van der Waals surface area contributed by atoms with Crippen molar-refractivity contribution < 1.29 is 19.1 Å². The lowest BCUT2D eigenvalue weighted by atomic mass is 10.1. The number of amides is 3. The number of carbonyl (C=O) groups is 3. The topological polar surface area (TPSA) is 84.5 Å². The Bertz CT molecular complexity index is 555. The van der Waals surface area contributed by atoms with Crippen LogP contribution in [0.4, 0.5) is 4.79 Å². The van der Waals surface area contributed by atoms with Crippen molar-refractivity contribution in [3.05, 3.63) is 34.9 Å². The average Bonchev–Trinajstić information content (AvgIpc) is 2.47. The van der Waals surface area contributed by atoms with Gasteiger partial charge < -0.3 is 10.1 Å². The minimum atomic E-state index is -0.660. The lowest BCUT2D eigenvalue weighted by Gasteiger charge is -2.09. The van der Waals surface area contributed by atoms with Crippen LogP contribution in [0.2, 0.25) is 0 Å². The number of aryl methyl sites for hydroxylation is 2. The number of esters is 1. The van der Waals surface area contributed by atoms with Gasteiger partial charge in [-0.05, 0) is 31.9 Å². The molecule has 1 aromatic carbocycles. The molecule has 0 saturated heterocycles. The molecule has 0 unspecified atom stereocenters. The predicted molar refractivity (Wildman–Crippen MR) is 82.6 cm³/mol. The number of ether oxygens (including phenoxy) is 1. The molecule has 1 aromatic rings. The van der Waals surface area contributed by atoms with E-state index in [4.69, 9.17) is 4.74 Å². The van der Waals surface area contributed by atoms with Gasteiger partial charge in [0.1, 0.15) is 0 Å². The van der Waals surface area contributed by atoms with Gasteiger partial charge in [-0.1, -0.05) is 31.0 Å². The highest BCUT2D eigenvalue weighted by molar-refractivity contribution is 5.97. The van der Waals surface area contributed by atoms with Gasteiger partial charge in [0.2, 0.25) is 0 Å². The minimum absolute atomic E-state index is 0.417. The van der Waals surface area contributed by atoms with Crippen LogP contribution in [0.1, 0.15) is 41.3 Å². The summed E-state index contributed by atoms with van der Waals surface area (Å²) in [6.45, 7) is 5.66. The summed E-state index contributed by atoms with van der Waals surface area (Å²) in [6.07, 6.45) is 1.78. The number of rotatable bonds is 6. The van der Waals surface area contributed by atoms with E-state index < -0.39 is 24.5 Å². The summed E-state index contributed by atoms with van der Waals surface area (Å²) in [7, 11) is 0. The molecule has 0 saturated carbocycles. The van der Waals surface area contributed by atoms with Crippen molar-refractivity contribution in [3.63, 3.8) is 0 Å². The molecule has 120 valence electrons. The smallest absolute Gasteiger partial charge is 0.338 e. The van der Waals surface area contributed by atoms with E-state index >= 15 is 0 Å². The molecule has 0 bridgehead atoms. The van der Waals surface area contributed by atoms with Gasteiger partial charge in [0.05, 0.1) is 5.56 Å². The average molecular weight is 306 g/mol. The van der Waals surface area contributed by atoms with Crippen LogP contribution in [0.15, 0.2) is 18.2 Å². The van der Waals surface area contributed by atoms with Crippen LogP contribution >= 0.6 is 0 Å². The fraction of sp³-hybridized carbons (Fsp3) is 0.438. The van der Waals surface area contributed by atoms with Crippen molar-refractivity contribution in [3.8, 4) is 0 Å². The van der Waals surface area contributed by atoms with Gasteiger partial charge >= 0.3 is 12.0 Å². The molecule has 0 spiro atoms. The molecule has 0 aromatic heterocycles. The Morgan fingerprint density at radius 2 is 1.91 bits per heavy atom. The monoisotopic (exact) mass is 306 g/mol. The molecule has 0 aliphatic carbocycles. The number of hydrogen-bond donors (Lipinski definition) is 2. The van der Waals surface area contributed by atoms with E-state index in [-0.39, 0.29) is 0 Å². The Hall–Kier alpha value is -2.37. The summed E-state index contributed by atoms with van der Waals surface area (Å²) < 4.78 is 4.92. The van der Waals surface area contributed by atoms with Crippen LogP contribution in [0, 0.1) is 13.8 Å². The molecule has 3 amide bonds. The Kier molecular flexibility index (Phi) is 7.08. The maximum absolute atomic E-state index is 11.9. The van der Waals surface area contributed by atoms with E-state index in [0.29, 0.717) is 12.1 Å². The maximum Gasteiger partial charge on any atom is 0.338 e. The van der Waals surface area contributed by atoms with Gasteiger partial charge in [0.15, 0.2) is 6.61 Å². The van der Waals surface area contributed by atoms with Crippen molar-refractivity contribution in [2.24, 2.45) is 0 Å². The summed E-state index contributed by atoms with van der Waals surface area (Å²) in [5, 5.41) is 4.64. The van der Waals surface area contributed by atoms with Gasteiger partial charge in [0, 0.05) is 6.54 Å². The van der Waals surface area contributed by atoms with Crippen molar-refractivity contribution >= 4 is 17.9 Å². The van der Waals surface area contributed by atoms with Crippen LogP contribution in [0.3, 0.4) is 0 Å². The summed E-state index contributed by atoms with van der Waals surface area (Å²) in [5.41, 5.74) is 2.12. The first-order valence-corrected chi connectivity index (χ1v) is 7.26. The Morgan fingerprint density at radius 1 is 1.18 bits per heavy atom. The molecule has 0 atom stereocenters. The van der Waals surface area contributed by atoms with Gasteiger partial charge in [-0.2, -0.15) is 0 Å². The normalized spacial score (nSPS) is 9.95. The Morgan fingerprint density at radius 3 is 2.59 bits per heavy atom. The second kappa shape index (κ2) is 8.81. The Balaban J connectivity index is 2.42. The molecule has 0 aliphatic heterocycles. The summed E-state index contributed by atoms with van der Waals surface area (Å²) in [4.78, 5) is 34.8. The zero-order valence-corrected chi connectivity index (χ0v) is 13.2. The highest BCUT2D eigenvalue weighted by Crippen LogP contribution is 2.11. The zero-order chi connectivity index (χ0) is 16.5. The van der Waals surface area contributed by atoms with Gasteiger partial charge in [0.25, 0.3) is 5.91 Å². The number of benzene rings is 1. The SMILES string of the molecule is CCCCNC(=O)NC(=O)COC(=O)c1cc(C)ccc1C. The van der Waals surface area contributed by atoms with Crippen LogP contribution in [0.25, 0.3) is 0 Å². The highest BCUT2D eigenvalue weighted by atomic mass is 16.5. The summed E-state index contributed by atoms with van der Waals surface area (Å²) >= 11 is 0. The number of urea groups is 1. The van der Waals surface area contributed by atoms with E-state index in [1.807, 2.05) is 26.0 Å². The van der Waals surface area contributed by atoms with Crippen molar-refractivity contribution in [1.82, 2.24) is 10.6 Å². The van der Waals surface area contributed by atoms with Crippen LogP contribution in [0.5, 0.6) is 0 Å². The summed E-state index contributed by atoms with van der Waals surface area (Å²) in [5.74, 6) is -1.24. The zero-order valence-electron chi connectivity index (χ0n) is 13.2. The standard InChI is InChI=1S/C16H22N2O4/c1-4-5-8-17-16(21)18-14(19)10-22-15(20)13-9-11(2)6-7-12(13)3/h6-7,9H,4-5,8,10H2,1-3H3,(H2,17,18,19,21). The molecule has 0 fully saturated rings. The molecule has 6 heteroatoms. The number of hydrogen-bond acceptors (Lipinski definition) is 4. The lowest BCUT2D eigenvalue weighted by Crippen LogP contribution is -2.41. The minimum Gasteiger partial charge on any atom is -0.452 e. The predicted octanol–water partition coefficient (Wildman–Crippen LogP) is 2.09.